The molecule has 0 unspecified atom stereocenters. The third-order valence-corrected chi connectivity index (χ3v) is 2.68. The fourth-order valence-corrected chi connectivity index (χ4v) is 1.72. The van der Waals surface area contributed by atoms with Crippen molar-refractivity contribution < 1.29 is 9.90 Å². The molecule has 1 N–H and O–H groups in total. The molecule has 0 radical (unpaired) electrons. The van der Waals surface area contributed by atoms with Gasteiger partial charge < -0.3 is 10.0 Å². The fraction of sp³-hybridized carbons (Fsp3) is 0.364. The van der Waals surface area contributed by atoms with E-state index in [2.05, 4.69) is 0 Å². The minimum Gasteiger partial charge on any atom is -0.376 e. The maximum absolute atomic E-state index is 11.1. The Hall–Kier alpha value is -1.35. The number of hydrogen-bond acceptors (Lipinski definition) is 2. The van der Waals surface area contributed by atoms with E-state index in [4.69, 9.17) is 5.11 Å². The maximum Gasteiger partial charge on any atom is 0.227 e. The first-order chi connectivity index (χ1) is 6.72. The fourth-order valence-electron chi connectivity index (χ4n) is 1.72. The smallest absolute Gasteiger partial charge is 0.227 e. The predicted octanol–water partition coefficient (Wildman–Crippen LogP) is 1.22. The van der Waals surface area contributed by atoms with Gasteiger partial charge in [-0.2, -0.15) is 0 Å². The lowest BCUT2D eigenvalue weighted by Crippen LogP contribution is -2.46. The number of aliphatic hydroxyl groups is 1. The van der Waals surface area contributed by atoms with Crippen LogP contribution < -0.4 is 0 Å². The van der Waals surface area contributed by atoms with Crippen molar-refractivity contribution in [3.63, 3.8) is 0 Å². The minimum atomic E-state index is -0.183. The van der Waals surface area contributed by atoms with Crippen LogP contribution in [0.15, 0.2) is 24.3 Å². The Kier molecular flexibility index (Phi) is 2.25. The van der Waals surface area contributed by atoms with E-state index in [1.54, 1.807) is 0 Å². The Labute approximate surface area is 83.0 Å². The average molecular weight is 191 g/mol. The van der Waals surface area contributed by atoms with E-state index in [0.717, 1.165) is 5.56 Å². The Morgan fingerprint density at radius 3 is 2.57 bits per heavy atom. The lowest BCUT2D eigenvalue weighted by Gasteiger charge is -2.39. The highest BCUT2D eigenvalue weighted by Crippen LogP contribution is 2.33. The molecule has 74 valence electrons. The summed E-state index contributed by atoms with van der Waals surface area (Å²) in [5.41, 5.74) is 2.30. The van der Waals surface area contributed by atoms with Gasteiger partial charge in [0.1, 0.15) is 6.73 Å². The molecule has 1 amide bonds. The molecule has 1 aromatic rings. The monoisotopic (exact) mass is 191 g/mol. The Balaban J connectivity index is 2.17. The van der Waals surface area contributed by atoms with E-state index in [0.29, 0.717) is 6.42 Å². The highest BCUT2D eigenvalue weighted by molar-refractivity contribution is 5.83. The molecule has 0 aliphatic carbocycles. The summed E-state index contributed by atoms with van der Waals surface area (Å²) in [5, 5.41) is 8.95. The number of rotatable bonds is 2. The van der Waals surface area contributed by atoms with Crippen LogP contribution in [0.4, 0.5) is 0 Å². The van der Waals surface area contributed by atoms with Gasteiger partial charge in [-0.25, -0.2) is 0 Å². The standard InChI is InChI=1S/C11H13NO2/c1-8-2-4-9(5-3-8)10-6-11(14)12(10)7-13/h2-5,10,13H,6-7H2,1H3/t10-/m0/s1. The number of hydrogen-bond donors (Lipinski definition) is 1. The molecule has 14 heavy (non-hydrogen) atoms. The normalized spacial score (nSPS) is 20.9. The Morgan fingerprint density at radius 1 is 1.43 bits per heavy atom. The van der Waals surface area contributed by atoms with E-state index < -0.39 is 0 Å². The van der Waals surface area contributed by atoms with Gasteiger partial charge in [-0.3, -0.25) is 4.79 Å². The van der Waals surface area contributed by atoms with Gasteiger partial charge >= 0.3 is 0 Å². The number of likely N-dealkylation sites (tertiary alicyclic amines) is 1. The zero-order valence-electron chi connectivity index (χ0n) is 8.10. The van der Waals surface area contributed by atoms with Gasteiger partial charge in [0.2, 0.25) is 5.91 Å². The van der Waals surface area contributed by atoms with E-state index in [9.17, 15) is 4.79 Å². The second-order valence-electron chi connectivity index (χ2n) is 3.64. The van der Waals surface area contributed by atoms with Gasteiger partial charge in [0.25, 0.3) is 0 Å². The van der Waals surface area contributed by atoms with Crippen LogP contribution in [0.2, 0.25) is 0 Å². The summed E-state index contributed by atoms with van der Waals surface area (Å²) in [5.74, 6) is 0.0260. The number of carbonyl (C=O) groups excluding carboxylic acids is 1. The average Bonchev–Trinajstić information content (AvgIpc) is 2.16. The summed E-state index contributed by atoms with van der Waals surface area (Å²) in [4.78, 5) is 12.6. The van der Waals surface area contributed by atoms with Gasteiger partial charge in [-0.05, 0) is 12.5 Å². The largest absolute Gasteiger partial charge is 0.376 e. The van der Waals surface area contributed by atoms with Crippen LogP contribution in [-0.4, -0.2) is 22.6 Å². The molecule has 0 saturated carbocycles. The van der Waals surface area contributed by atoms with E-state index in [1.165, 1.54) is 10.5 Å². The van der Waals surface area contributed by atoms with Crippen molar-refractivity contribution in [3.8, 4) is 0 Å². The maximum atomic E-state index is 11.1. The molecule has 3 heteroatoms. The van der Waals surface area contributed by atoms with Crippen molar-refractivity contribution in [1.82, 2.24) is 4.90 Å². The van der Waals surface area contributed by atoms with Crippen LogP contribution in [0.5, 0.6) is 0 Å². The molecule has 1 fully saturated rings. The van der Waals surface area contributed by atoms with Crippen molar-refractivity contribution in [2.75, 3.05) is 6.73 Å². The summed E-state index contributed by atoms with van der Waals surface area (Å²) in [6, 6.07) is 8.14. The molecular formula is C11H13NO2. The molecule has 2 rings (SSSR count). The lowest BCUT2D eigenvalue weighted by atomic mass is 9.94. The summed E-state index contributed by atoms with van der Waals surface area (Å²) in [6.45, 7) is 1.84. The van der Waals surface area contributed by atoms with Crippen LogP contribution in [0.25, 0.3) is 0 Å². The molecule has 1 saturated heterocycles. The molecule has 0 spiro atoms. The molecular weight excluding hydrogens is 178 g/mol. The Morgan fingerprint density at radius 2 is 2.07 bits per heavy atom. The molecule has 1 atom stereocenters. The summed E-state index contributed by atoms with van der Waals surface area (Å²) in [7, 11) is 0. The number of amides is 1. The second kappa shape index (κ2) is 3.42. The number of carbonyl (C=O) groups is 1. The number of benzene rings is 1. The zero-order chi connectivity index (χ0) is 10.1. The molecule has 1 aliphatic heterocycles. The van der Waals surface area contributed by atoms with Crippen LogP contribution in [0.1, 0.15) is 23.6 Å². The number of β-lactam (4-membered cyclic amide) rings is 1. The summed E-state index contributed by atoms with van der Waals surface area (Å²) >= 11 is 0. The van der Waals surface area contributed by atoms with Crippen molar-refractivity contribution >= 4 is 5.91 Å². The topological polar surface area (TPSA) is 40.5 Å². The molecule has 0 aromatic heterocycles. The van der Waals surface area contributed by atoms with Crippen LogP contribution in [-0.2, 0) is 4.79 Å². The lowest BCUT2D eigenvalue weighted by molar-refractivity contribution is -0.152. The highest BCUT2D eigenvalue weighted by atomic mass is 16.3. The van der Waals surface area contributed by atoms with Crippen molar-refractivity contribution in [3.05, 3.63) is 35.4 Å². The summed E-state index contributed by atoms with van der Waals surface area (Å²) in [6.07, 6.45) is 0.517. The number of nitrogens with zero attached hydrogens (tertiary/aromatic N) is 1. The molecule has 1 heterocycles. The van der Waals surface area contributed by atoms with Gasteiger partial charge in [-0.1, -0.05) is 29.8 Å². The second-order valence-corrected chi connectivity index (χ2v) is 3.64. The van der Waals surface area contributed by atoms with E-state index in [1.807, 2.05) is 31.2 Å². The molecule has 3 nitrogen and oxygen atoms in total. The molecule has 1 aromatic carbocycles. The predicted molar refractivity (Wildman–Crippen MR) is 52.5 cm³/mol. The van der Waals surface area contributed by atoms with Crippen LogP contribution >= 0.6 is 0 Å². The van der Waals surface area contributed by atoms with Crippen molar-refractivity contribution in [1.29, 1.82) is 0 Å². The third kappa shape index (κ3) is 1.40. The van der Waals surface area contributed by atoms with Gasteiger partial charge in [-0.15, -0.1) is 0 Å². The van der Waals surface area contributed by atoms with Gasteiger partial charge in [0.15, 0.2) is 0 Å². The quantitative estimate of drug-likeness (QED) is 0.714. The number of aliphatic hydroxyl groups excluding tert-OH is 1. The van der Waals surface area contributed by atoms with Crippen LogP contribution in [0, 0.1) is 6.92 Å². The first-order valence-corrected chi connectivity index (χ1v) is 4.69. The summed E-state index contributed by atoms with van der Waals surface area (Å²) < 4.78 is 0. The zero-order valence-corrected chi connectivity index (χ0v) is 8.10. The SMILES string of the molecule is Cc1ccc([C@@H]2CC(=O)N2CO)cc1. The van der Waals surface area contributed by atoms with Gasteiger partial charge in [0.05, 0.1) is 12.5 Å². The van der Waals surface area contributed by atoms with Crippen molar-refractivity contribution in [2.24, 2.45) is 0 Å². The van der Waals surface area contributed by atoms with E-state index >= 15 is 0 Å². The van der Waals surface area contributed by atoms with Crippen molar-refractivity contribution in [2.45, 2.75) is 19.4 Å². The first kappa shape index (κ1) is 9.21. The minimum absolute atomic E-state index is 0.0260. The van der Waals surface area contributed by atoms with E-state index in [-0.39, 0.29) is 18.7 Å². The first-order valence-electron chi connectivity index (χ1n) is 4.69. The van der Waals surface area contributed by atoms with Crippen LogP contribution in [0.3, 0.4) is 0 Å². The third-order valence-electron chi connectivity index (χ3n) is 2.68. The Bertz CT molecular complexity index is 345. The number of aryl methyl sites for hydroxylation is 1. The van der Waals surface area contributed by atoms with Gasteiger partial charge in [0, 0.05) is 0 Å². The highest BCUT2D eigenvalue weighted by Gasteiger charge is 2.36. The molecule has 0 bridgehead atoms. The molecule has 1 aliphatic rings.